The summed E-state index contributed by atoms with van der Waals surface area (Å²) in [6.07, 6.45) is 10.0. The van der Waals surface area contributed by atoms with Crippen LogP contribution in [0.15, 0.2) is 18.2 Å². The molecular formula is C13H26PtSi. The summed E-state index contributed by atoms with van der Waals surface area (Å²) in [7, 11) is -0.861. The summed E-state index contributed by atoms with van der Waals surface area (Å²) in [6.45, 7) is 20.6. The van der Waals surface area contributed by atoms with Gasteiger partial charge in [0.2, 0.25) is 0 Å². The molecule has 0 radical (unpaired) electrons. The second-order valence-electron chi connectivity index (χ2n) is 3.56. The zero-order chi connectivity index (χ0) is 12.0. The minimum Gasteiger partial charge on any atom is -0.346 e. The van der Waals surface area contributed by atoms with E-state index < -0.39 is 8.07 Å². The standard InChI is InChI=1S/C5H5.C4H11Si.2C2H5.Pt/c1-2-4-5-3-1;1-5(2,3)4;2*1-2;/h1-3H,4H2;1H2,2-4H3;2*1H2,2H3;/q4*-1;+4. The molecule has 0 heterocycles. The van der Waals surface area contributed by atoms with Gasteiger partial charge in [0.05, 0.1) is 0 Å². The maximum atomic E-state index is 3.91. The van der Waals surface area contributed by atoms with Crippen LogP contribution in [0.1, 0.15) is 20.3 Å². The third kappa shape index (κ3) is 76.1. The van der Waals surface area contributed by atoms with E-state index in [4.69, 9.17) is 0 Å². The summed E-state index contributed by atoms with van der Waals surface area (Å²) >= 11 is 0. The summed E-state index contributed by atoms with van der Waals surface area (Å²) in [5, 5.41) is 0. The Morgan fingerprint density at radius 3 is 1.47 bits per heavy atom. The van der Waals surface area contributed by atoms with Crippen molar-refractivity contribution in [1.29, 1.82) is 0 Å². The molecule has 1 rings (SSSR count). The van der Waals surface area contributed by atoms with Crippen LogP contribution in [0.4, 0.5) is 0 Å². The summed E-state index contributed by atoms with van der Waals surface area (Å²) in [5.74, 6) is 0. The van der Waals surface area contributed by atoms with Crippen LogP contribution >= 0.6 is 0 Å². The Morgan fingerprint density at radius 2 is 1.40 bits per heavy atom. The van der Waals surface area contributed by atoms with Gasteiger partial charge in [-0.25, -0.2) is 12.2 Å². The van der Waals surface area contributed by atoms with Crippen molar-refractivity contribution in [2.45, 2.75) is 39.9 Å². The van der Waals surface area contributed by atoms with Crippen LogP contribution in [-0.2, 0) is 21.1 Å². The van der Waals surface area contributed by atoms with Crippen LogP contribution in [-0.4, -0.2) is 8.07 Å². The quantitative estimate of drug-likeness (QED) is 0.405. The Hall–Kier alpha value is 0.385. The minimum absolute atomic E-state index is 0. The maximum absolute atomic E-state index is 3.91. The maximum Gasteiger partial charge on any atom is 4.00 e. The summed E-state index contributed by atoms with van der Waals surface area (Å²) in [4.78, 5) is 0. The van der Waals surface area contributed by atoms with Crippen LogP contribution in [0, 0.1) is 26.5 Å². The van der Waals surface area contributed by atoms with Crippen LogP contribution < -0.4 is 0 Å². The molecular weight excluding hydrogens is 379 g/mol. The van der Waals surface area contributed by atoms with E-state index in [0.29, 0.717) is 0 Å². The first-order valence-corrected chi connectivity index (χ1v) is 8.69. The van der Waals surface area contributed by atoms with Crippen molar-refractivity contribution in [3.05, 3.63) is 44.7 Å². The Balaban J connectivity index is -0.0000000580. The summed E-state index contributed by atoms with van der Waals surface area (Å²) in [6, 6.07) is 0. The van der Waals surface area contributed by atoms with Crippen molar-refractivity contribution < 1.29 is 21.1 Å². The van der Waals surface area contributed by atoms with Crippen LogP contribution in [0.25, 0.3) is 0 Å². The van der Waals surface area contributed by atoms with Gasteiger partial charge >= 0.3 is 21.1 Å². The molecule has 2 heteroatoms. The van der Waals surface area contributed by atoms with E-state index >= 15 is 0 Å². The zero-order valence-electron chi connectivity index (χ0n) is 10.9. The average Bonchev–Trinajstić information content (AvgIpc) is 2.64. The number of hydrogen-bond donors (Lipinski definition) is 0. The van der Waals surface area contributed by atoms with E-state index in [2.05, 4.69) is 52.2 Å². The van der Waals surface area contributed by atoms with E-state index in [1.54, 1.807) is 13.8 Å². The SMILES string of the molecule is [C-]1=CC=CC1.[CH2-]C.[CH2-]C.[CH2-][Si](C)(C)C.[Pt+4]. The van der Waals surface area contributed by atoms with E-state index in [1.807, 2.05) is 12.2 Å². The van der Waals surface area contributed by atoms with Gasteiger partial charge in [0, 0.05) is 0 Å². The van der Waals surface area contributed by atoms with Crippen molar-refractivity contribution in [1.82, 2.24) is 0 Å². The Kier molecular flexibility index (Phi) is 32.6. The fourth-order valence-corrected chi connectivity index (χ4v) is 0.340. The van der Waals surface area contributed by atoms with Gasteiger partial charge in [-0.15, -0.1) is 14.5 Å². The molecule has 0 saturated heterocycles. The van der Waals surface area contributed by atoms with Crippen molar-refractivity contribution >= 4 is 8.07 Å². The number of rotatable bonds is 0. The summed E-state index contributed by atoms with van der Waals surface area (Å²) in [5.41, 5.74) is 0. The minimum atomic E-state index is -0.861. The van der Waals surface area contributed by atoms with Crippen LogP contribution in [0.5, 0.6) is 0 Å². The van der Waals surface area contributed by atoms with Gasteiger partial charge in [0.25, 0.3) is 0 Å². The third-order valence-corrected chi connectivity index (χ3v) is 0.586. The zero-order valence-corrected chi connectivity index (χ0v) is 14.1. The first kappa shape index (κ1) is 24.6. The molecule has 92 valence electrons. The van der Waals surface area contributed by atoms with Gasteiger partial charge in [0.1, 0.15) is 0 Å². The molecule has 0 saturated carbocycles. The van der Waals surface area contributed by atoms with Crippen molar-refractivity contribution in [3.63, 3.8) is 0 Å². The van der Waals surface area contributed by atoms with Gasteiger partial charge in [-0.1, -0.05) is 19.6 Å². The molecule has 0 spiro atoms. The molecule has 0 aromatic carbocycles. The molecule has 0 aromatic heterocycles. The first-order chi connectivity index (χ1) is 6.50. The monoisotopic (exact) mass is 405 g/mol. The third-order valence-electron chi connectivity index (χ3n) is 0.586. The molecule has 0 unspecified atom stereocenters. The van der Waals surface area contributed by atoms with Crippen molar-refractivity contribution in [3.8, 4) is 0 Å². The molecule has 0 bridgehead atoms. The van der Waals surface area contributed by atoms with E-state index in [0.717, 1.165) is 6.42 Å². The summed E-state index contributed by atoms with van der Waals surface area (Å²) < 4.78 is 0. The normalized spacial score (nSPS) is 10.7. The van der Waals surface area contributed by atoms with E-state index in [-0.39, 0.29) is 21.1 Å². The van der Waals surface area contributed by atoms with Gasteiger partial charge in [-0.05, 0) is 0 Å². The fraction of sp³-hybridized carbons (Fsp3) is 0.462. The largest absolute Gasteiger partial charge is 4.00 e. The second kappa shape index (κ2) is 19.9. The molecule has 0 atom stereocenters. The molecule has 15 heavy (non-hydrogen) atoms. The Labute approximate surface area is 114 Å². The van der Waals surface area contributed by atoms with Gasteiger partial charge in [-0.3, -0.25) is 6.08 Å². The van der Waals surface area contributed by atoms with Gasteiger partial charge < -0.3 is 20.4 Å². The molecule has 0 N–H and O–H groups in total. The Morgan fingerprint density at radius 1 is 1.07 bits per heavy atom. The first-order valence-electron chi connectivity index (χ1n) is 4.98. The molecule has 0 aliphatic heterocycles. The van der Waals surface area contributed by atoms with Crippen LogP contribution in [0.3, 0.4) is 0 Å². The molecule has 1 aliphatic rings. The predicted octanol–water partition coefficient (Wildman–Crippen LogP) is 4.68. The van der Waals surface area contributed by atoms with Gasteiger partial charge in [-0.2, -0.15) is 19.9 Å². The van der Waals surface area contributed by atoms with Crippen LogP contribution in [0.2, 0.25) is 19.6 Å². The molecule has 0 aromatic rings. The molecule has 0 fully saturated rings. The Bertz CT molecular complexity index is 116. The van der Waals surface area contributed by atoms with E-state index in [1.165, 1.54) is 0 Å². The second-order valence-corrected chi connectivity index (χ2v) is 8.69. The molecule has 0 nitrogen and oxygen atoms in total. The average molecular weight is 406 g/mol. The molecule has 1 aliphatic carbocycles. The molecule has 0 amide bonds. The van der Waals surface area contributed by atoms with Gasteiger partial charge in [0.15, 0.2) is 0 Å². The fourth-order valence-electron chi connectivity index (χ4n) is 0.340. The topological polar surface area (TPSA) is 0 Å². The van der Waals surface area contributed by atoms with E-state index in [9.17, 15) is 0 Å². The number of hydrogen-bond acceptors (Lipinski definition) is 0. The predicted molar refractivity (Wildman–Crippen MR) is 72.3 cm³/mol. The number of allylic oxidation sites excluding steroid dienone is 4. The smallest absolute Gasteiger partial charge is 0.346 e. The van der Waals surface area contributed by atoms with Crippen molar-refractivity contribution in [2.75, 3.05) is 0 Å². The van der Waals surface area contributed by atoms with Crippen molar-refractivity contribution in [2.24, 2.45) is 0 Å².